The van der Waals surface area contributed by atoms with E-state index in [9.17, 15) is 4.79 Å². The fourth-order valence-electron chi connectivity index (χ4n) is 2.67. The largest absolute Gasteiger partial charge is 0.494 e. The summed E-state index contributed by atoms with van der Waals surface area (Å²) < 4.78 is 10.4. The van der Waals surface area contributed by atoms with Crippen molar-refractivity contribution < 1.29 is 9.26 Å². The van der Waals surface area contributed by atoms with Crippen molar-refractivity contribution in [1.29, 1.82) is 0 Å². The van der Waals surface area contributed by atoms with Gasteiger partial charge >= 0.3 is 0 Å². The predicted molar refractivity (Wildman–Crippen MR) is 92.1 cm³/mol. The molecule has 0 aliphatic heterocycles. The van der Waals surface area contributed by atoms with Gasteiger partial charge in [-0.25, -0.2) is 0 Å². The number of H-pyrrole nitrogens is 1. The van der Waals surface area contributed by atoms with Gasteiger partial charge in [-0.2, -0.15) is 0 Å². The third-order valence-corrected chi connectivity index (χ3v) is 4.17. The molecule has 6 heteroatoms. The van der Waals surface area contributed by atoms with Gasteiger partial charge in [-0.15, -0.1) is 0 Å². The van der Waals surface area contributed by atoms with E-state index in [1.165, 1.54) is 0 Å². The molecule has 0 spiro atoms. The van der Waals surface area contributed by atoms with Gasteiger partial charge in [0.1, 0.15) is 17.7 Å². The number of hydrogen-bond acceptors (Lipinski definition) is 5. The number of fused-ring (bicyclic) bond motifs is 1. The van der Waals surface area contributed by atoms with E-state index in [0.717, 1.165) is 22.3 Å². The molecule has 0 unspecified atom stereocenters. The average molecular weight is 327 g/mol. The highest BCUT2D eigenvalue weighted by atomic mass is 16.5. The van der Waals surface area contributed by atoms with E-state index in [1.807, 2.05) is 51.2 Å². The Kier molecular flexibility index (Phi) is 4.66. The molecular formula is C18H21N3O3. The Morgan fingerprint density at radius 1 is 1.33 bits per heavy atom. The van der Waals surface area contributed by atoms with Crippen LogP contribution in [0.3, 0.4) is 0 Å². The first-order chi connectivity index (χ1) is 11.6. The Morgan fingerprint density at radius 3 is 2.88 bits per heavy atom. The summed E-state index contributed by atoms with van der Waals surface area (Å²) >= 11 is 0. The first-order valence-electron chi connectivity index (χ1n) is 7.97. The van der Waals surface area contributed by atoms with Gasteiger partial charge in [-0.1, -0.05) is 5.16 Å². The molecule has 1 aromatic carbocycles. The summed E-state index contributed by atoms with van der Waals surface area (Å²) in [5.41, 5.74) is 2.27. The number of nitrogens with one attached hydrogen (secondary N) is 1. The molecule has 0 fully saturated rings. The Labute approximate surface area is 140 Å². The van der Waals surface area contributed by atoms with Crippen LogP contribution in [0.15, 0.2) is 45.9 Å². The van der Waals surface area contributed by atoms with Crippen LogP contribution in [0.5, 0.6) is 5.75 Å². The standard InChI is InChI=1S/C18H21N3O3/c1-4-23-15-5-6-17-13(10-15)9-14(18(22)19-17)11-21(3)12(2)16-7-8-24-20-16/h5-10,12H,4,11H2,1-3H3,(H,19,22)/t12-/m1/s1. The summed E-state index contributed by atoms with van der Waals surface area (Å²) in [6, 6.07) is 9.48. The first-order valence-corrected chi connectivity index (χ1v) is 7.97. The van der Waals surface area contributed by atoms with E-state index in [0.29, 0.717) is 18.7 Å². The molecule has 2 heterocycles. The lowest BCUT2D eigenvalue weighted by Crippen LogP contribution is -2.26. The van der Waals surface area contributed by atoms with E-state index in [1.54, 1.807) is 6.26 Å². The Balaban J connectivity index is 1.88. The van der Waals surface area contributed by atoms with Gasteiger partial charge in [0.2, 0.25) is 0 Å². The molecule has 0 bridgehead atoms. The summed E-state index contributed by atoms with van der Waals surface area (Å²) in [5, 5.41) is 4.92. The van der Waals surface area contributed by atoms with Crippen LogP contribution in [0.1, 0.15) is 31.1 Å². The van der Waals surface area contributed by atoms with Crippen molar-refractivity contribution in [2.24, 2.45) is 0 Å². The van der Waals surface area contributed by atoms with Gasteiger partial charge in [0.15, 0.2) is 0 Å². The van der Waals surface area contributed by atoms with Crippen molar-refractivity contribution in [3.05, 3.63) is 58.2 Å². The molecule has 3 rings (SSSR count). The van der Waals surface area contributed by atoms with E-state index in [4.69, 9.17) is 9.26 Å². The second kappa shape index (κ2) is 6.88. The second-order valence-corrected chi connectivity index (χ2v) is 5.82. The highest BCUT2D eigenvalue weighted by Gasteiger charge is 2.16. The summed E-state index contributed by atoms with van der Waals surface area (Å²) in [6.45, 7) is 5.10. The number of ether oxygens (including phenoxy) is 1. The van der Waals surface area contributed by atoms with Crippen LogP contribution in [-0.4, -0.2) is 28.7 Å². The molecule has 0 saturated carbocycles. The van der Waals surface area contributed by atoms with Gasteiger partial charge < -0.3 is 14.2 Å². The lowest BCUT2D eigenvalue weighted by Gasteiger charge is -2.22. The third-order valence-electron chi connectivity index (χ3n) is 4.17. The van der Waals surface area contributed by atoms with E-state index in [2.05, 4.69) is 15.0 Å². The van der Waals surface area contributed by atoms with Crippen LogP contribution >= 0.6 is 0 Å². The van der Waals surface area contributed by atoms with Crippen molar-refractivity contribution in [2.75, 3.05) is 13.7 Å². The molecule has 24 heavy (non-hydrogen) atoms. The molecule has 6 nitrogen and oxygen atoms in total. The normalized spacial score (nSPS) is 12.7. The minimum atomic E-state index is -0.0779. The highest BCUT2D eigenvalue weighted by Crippen LogP contribution is 2.21. The van der Waals surface area contributed by atoms with E-state index < -0.39 is 0 Å². The monoisotopic (exact) mass is 327 g/mol. The zero-order valence-electron chi connectivity index (χ0n) is 14.1. The van der Waals surface area contributed by atoms with Crippen molar-refractivity contribution in [3.8, 4) is 5.75 Å². The molecule has 1 atom stereocenters. The summed E-state index contributed by atoms with van der Waals surface area (Å²) in [5.74, 6) is 0.798. The molecule has 126 valence electrons. The molecule has 0 amide bonds. The van der Waals surface area contributed by atoms with Crippen molar-refractivity contribution in [2.45, 2.75) is 26.4 Å². The Bertz CT molecular complexity index is 871. The lowest BCUT2D eigenvalue weighted by molar-refractivity contribution is 0.240. The number of hydrogen-bond donors (Lipinski definition) is 1. The van der Waals surface area contributed by atoms with Crippen molar-refractivity contribution in [3.63, 3.8) is 0 Å². The van der Waals surface area contributed by atoms with Crippen LogP contribution in [0.2, 0.25) is 0 Å². The van der Waals surface area contributed by atoms with Crippen molar-refractivity contribution in [1.82, 2.24) is 15.0 Å². The number of aromatic amines is 1. The lowest BCUT2D eigenvalue weighted by atomic mass is 10.1. The topological polar surface area (TPSA) is 71.4 Å². The smallest absolute Gasteiger partial charge is 0.252 e. The van der Waals surface area contributed by atoms with Crippen LogP contribution in [0.25, 0.3) is 10.9 Å². The molecule has 3 aromatic rings. The third kappa shape index (κ3) is 3.33. The highest BCUT2D eigenvalue weighted by molar-refractivity contribution is 5.80. The summed E-state index contributed by atoms with van der Waals surface area (Å²) in [7, 11) is 1.96. The van der Waals surface area contributed by atoms with Crippen LogP contribution < -0.4 is 10.3 Å². The average Bonchev–Trinajstić information content (AvgIpc) is 3.10. The SMILES string of the molecule is CCOc1ccc2[nH]c(=O)c(CN(C)[C@H](C)c3ccon3)cc2c1. The molecule has 1 N–H and O–H groups in total. The zero-order valence-corrected chi connectivity index (χ0v) is 14.1. The molecule has 0 aliphatic carbocycles. The molecule has 2 aromatic heterocycles. The molecular weight excluding hydrogens is 306 g/mol. The predicted octanol–water partition coefficient (Wildman–Crippen LogP) is 3.11. The van der Waals surface area contributed by atoms with Crippen LogP contribution in [0.4, 0.5) is 0 Å². The maximum Gasteiger partial charge on any atom is 0.252 e. The number of benzene rings is 1. The van der Waals surface area contributed by atoms with E-state index >= 15 is 0 Å². The summed E-state index contributed by atoms with van der Waals surface area (Å²) in [4.78, 5) is 17.3. The minimum Gasteiger partial charge on any atom is -0.494 e. The Morgan fingerprint density at radius 2 is 2.17 bits per heavy atom. The molecule has 0 aliphatic rings. The summed E-state index contributed by atoms with van der Waals surface area (Å²) in [6.07, 6.45) is 1.55. The zero-order chi connectivity index (χ0) is 17.1. The first kappa shape index (κ1) is 16.3. The van der Waals surface area contributed by atoms with Gasteiger partial charge in [0, 0.05) is 29.1 Å². The van der Waals surface area contributed by atoms with Gasteiger partial charge in [-0.05, 0) is 45.2 Å². The van der Waals surface area contributed by atoms with Gasteiger partial charge in [0.25, 0.3) is 5.56 Å². The fourth-order valence-corrected chi connectivity index (χ4v) is 2.67. The van der Waals surface area contributed by atoms with E-state index in [-0.39, 0.29) is 11.6 Å². The fraction of sp³-hybridized carbons (Fsp3) is 0.333. The minimum absolute atomic E-state index is 0.0496. The van der Waals surface area contributed by atoms with Crippen LogP contribution in [-0.2, 0) is 6.54 Å². The quantitative estimate of drug-likeness (QED) is 0.753. The number of rotatable bonds is 6. The molecule has 0 saturated heterocycles. The van der Waals surface area contributed by atoms with Gasteiger partial charge in [-0.3, -0.25) is 9.69 Å². The second-order valence-electron chi connectivity index (χ2n) is 5.82. The van der Waals surface area contributed by atoms with Gasteiger partial charge in [0.05, 0.1) is 12.6 Å². The van der Waals surface area contributed by atoms with Crippen LogP contribution in [0, 0.1) is 0 Å². The van der Waals surface area contributed by atoms with Crippen molar-refractivity contribution >= 4 is 10.9 Å². The maximum absolute atomic E-state index is 12.3. The molecule has 0 radical (unpaired) electrons. The number of pyridine rings is 1. The number of aromatic nitrogens is 2. The maximum atomic E-state index is 12.3. The number of nitrogens with zero attached hydrogens (tertiary/aromatic N) is 2. The Hall–Kier alpha value is -2.60.